The number of ketones is 1. The third-order valence-corrected chi connectivity index (χ3v) is 3.60. The molecular weight excluding hydrogens is 294 g/mol. The molecule has 2 aromatic rings. The standard InChI is InChI=1S/C14H14BrNO2/c1-9(12(16)10-5-3-2-4-6-10)13(17)14-11(15)7-8-18-14/h2-9,12H,16H2,1H3. The molecule has 0 radical (unpaired) electrons. The van der Waals surface area contributed by atoms with Crippen molar-refractivity contribution in [3.05, 3.63) is 58.5 Å². The number of Topliss-reactive ketones (excluding diaryl/α,β-unsaturated/α-hetero) is 1. The van der Waals surface area contributed by atoms with E-state index in [2.05, 4.69) is 15.9 Å². The summed E-state index contributed by atoms with van der Waals surface area (Å²) in [7, 11) is 0. The van der Waals surface area contributed by atoms with Crippen molar-refractivity contribution in [3.63, 3.8) is 0 Å². The Morgan fingerprint density at radius 1 is 1.28 bits per heavy atom. The van der Waals surface area contributed by atoms with Gasteiger partial charge in [0.1, 0.15) is 0 Å². The molecule has 0 amide bonds. The first-order valence-electron chi connectivity index (χ1n) is 5.69. The minimum Gasteiger partial charge on any atom is -0.460 e. The lowest BCUT2D eigenvalue weighted by Crippen LogP contribution is -2.26. The summed E-state index contributed by atoms with van der Waals surface area (Å²) in [6, 6.07) is 11.0. The Kier molecular flexibility index (Phi) is 3.99. The summed E-state index contributed by atoms with van der Waals surface area (Å²) in [6.07, 6.45) is 1.48. The summed E-state index contributed by atoms with van der Waals surface area (Å²) in [4.78, 5) is 12.2. The van der Waals surface area contributed by atoms with E-state index in [0.29, 0.717) is 10.2 Å². The Balaban J connectivity index is 2.20. The second kappa shape index (κ2) is 5.50. The number of benzene rings is 1. The summed E-state index contributed by atoms with van der Waals surface area (Å²) < 4.78 is 5.85. The van der Waals surface area contributed by atoms with Crippen LogP contribution in [0.1, 0.15) is 29.1 Å². The van der Waals surface area contributed by atoms with Crippen molar-refractivity contribution in [1.29, 1.82) is 0 Å². The molecular formula is C14H14BrNO2. The average molecular weight is 308 g/mol. The fourth-order valence-corrected chi connectivity index (χ4v) is 2.20. The molecule has 0 saturated heterocycles. The van der Waals surface area contributed by atoms with Crippen LogP contribution in [0.3, 0.4) is 0 Å². The molecule has 4 heteroatoms. The van der Waals surface area contributed by atoms with Crippen LogP contribution < -0.4 is 5.73 Å². The molecule has 0 aliphatic carbocycles. The number of furan rings is 1. The Labute approximate surface area is 114 Å². The molecule has 2 atom stereocenters. The number of carbonyl (C=O) groups is 1. The Hall–Kier alpha value is -1.39. The normalized spacial score (nSPS) is 14.2. The van der Waals surface area contributed by atoms with Crippen molar-refractivity contribution in [2.45, 2.75) is 13.0 Å². The molecule has 1 aromatic carbocycles. The van der Waals surface area contributed by atoms with Crippen LogP contribution in [0.5, 0.6) is 0 Å². The molecule has 94 valence electrons. The molecule has 0 aliphatic rings. The first kappa shape index (κ1) is 13.1. The number of hydrogen-bond acceptors (Lipinski definition) is 3. The van der Waals surface area contributed by atoms with Crippen LogP contribution in [-0.4, -0.2) is 5.78 Å². The van der Waals surface area contributed by atoms with Crippen molar-refractivity contribution in [3.8, 4) is 0 Å². The quantitative estimate of drug-likeness (QED) is 0.879. The second-order valence-corrected chi connectivity index (χ2v) is 5.04. The lowest BCUT2D eigenvalue weighted by atomic mass is 9.91. The Morgan fingerprint density at radius 2 is 1.94 bits per heavy atom. The van der Waals surface area contributed by atoms with E-state index in [9.17, 15) is 4.79 Å². The van der Waals surface area contributed by atoms with Crippen LogP contribution in [-0.2, 0) is 0 Å². The first-order chi connectivity index (χ1) is 8.61. The van der Waals surface area contributed by atoms with Crippen molar-refractivity contribution < 1.29 is 9.21 Å². The van der Waals surface area contributed by atoms with Crippen LogP contribution in [0.25, 0.3) is 0 Å². The summed E-state index contributed by atoms with van der Waals surface area (Å²) in [5.41, 5.74) is 7.06. The van der Waals surface area contributed by atoms with E-state index >= 15 is 0 Å². The molecule has 0 fully saturated rings. The van der Waals surface area contributed by atoms with Gasteiger partial charge in [0, 0.05) is 12.0 Å². The largest absolute Gasteiger partial charge is 0.460 e. The van der Waals surface area contributed by atoms with Gasteiger partial charge in [-0.1, -0.05) is 37.3 Å². The smallest absolute Gasteiger partial charge is 0.203 e. The fourth-order valence-electron chi connectivity index (χ4n) is 1.80. The van der Waals surface area contributed by atoms with Crippen molar-refractivity contribution >= 4 is 21.7 Å². The molecule has 1 heterocycles. The van der Waals surface area contributed by atoms with E-state index in [-0.39, 0.29) is 17.7 Å². The van der Waals surface area contributed by atoms with E-state index in [4.69, 9.17) is 10.2 Å². The summed E-state index contributed by atoms with van der Waals surface area (Å²) in [5, 5.41) is 0. The molecule has 3 nitrogen and oxygen atoms in total. The first-order valence-corrected chi connectivity index (χ1v) is 6.48. The Bertz CT molecular complexity index is 536. The van der Waals surface area contributed by atoms with E-state index in [1.54, 1.807) is 6.07 Å². The summed E-state index contributed by atoms with van der Waals surface area (Å²) >= 11 is 3.29. The van der Waals surface area contributed by atoms with Gasteiger partial charge in [0.05, 0.1) is 10.7 Å². The van der Waals surface area contributed by atoms with Gasteiger partial charge in [-0.15, -0.1) is 0 Å². The molecule has 0 bridgehead atoms. The maximum Gasteiger partial charge on any atom is 0.203 e. The summed E-state index contributed by atoms with van der Waals surface area (Å²) in [6.45, 7) is 1.81. The summed E-state index contributed by atoms with van der Waals surface area (Å²) in [5.74, 6) is -0.105. The van der Waals surface area contributed by atoms with Gasteiger partial charge in [0.25, 0.3) is 0 Å². The van der Waals surface area contributed by atoms with Gasteiger partial charge < -0.3 is 10.2 Å². The average Bonchev–Trinajstić information content (AvgIpc) is 2.83. The monoisotopic (exact) mass is 307 g/mol. The fraction of sp³-hybridized carbons (Fsp3) is 0.214. The van der Waals surface area contributed by atoms with E-state index < -0.39 is 0 Å². The van der Waals surface area contributed by atoms with Gasteiger partial charge in [-0.25, -0.2) is 0 Å². The third-order valence-electron chi connectivity index (χ3n) is 2.98. The lowest BCUT2D eigenvalue weighted by Gasteiger charge is -2.18. The maximum absolute atomic E-state index is 12.2. The predicted octanol–water partition coefficient (Wildman–Crippen LogP) is 3.56. The molecule has 1 aromatic heterocycles. The molecule has 18 heavy (non-hydrogen) atoms. The van der Waals surface area contributed by atoms with Crippen molar-refractivity contribution in [2.24, 2.45) is 11.7 Å². The number of hydrogen-bond donors (Lipinski definition) is 1. The van der Waals surface area contributed by atoms with Gasteiger partial charge in [-0.2, -0.15) is 0 Å². The SMILES string of the molecule is CC(C(=O)c1occc1Br)C(N)c1ccccc1. The minimum absolute atomic E-state index is 0.0942. The highest BCUT2D eigenvalue weighted by Gasteiger charge is 2.26. The molecule has 0 spiro atoms. The minimum atomic E-state index is -0.338. The number of carbonyl (C=O) groups excluding carboxylic acids is 1. The van der Waals surface area contributed by atoms with Crippen molar-refractivity contribution in [1.82, 2.24) is 0 Å². The number of rotatable bonds is 4. The zero-order valence-electron chi connectivity index (χ0n) is 9.97. The molecule has 0 aliphatic heterocycles. The van der Waals surface area contributed by atoms with Crippen molar-refractivity contribution in [2.75, 3.05) is 0 Å². The molecule has 2 N–H and O–H groups in total. The van der Waals surface area contributed by atoms with Crippen LogP contribution in [0, 0.1) is 5.92 Å². The van der Waals surface area contributed by atoms with Gasteiger partial charge in [-0.3, -0.25) is 4.79 Å². The second-order valence-electron chi connectivity index (χ2n) is 4.19. The highest BCUT2D eigenvalue weighted by Crippen LogP contribution is 2.26. The van der Waals surface area contributed by atoms with E-state index in [1.807, 2.05) is 37.3 Å². The van der Waals surface area contributed by atoms with Crippen LogP contribution in [0.15, 0.2) is 51.6 Å². The van der Waals surface area contributed by atoms with E-state index in [0.717, 1.165) is 5.56 Å². The lowest BCUT2D eigenvalue weighted by molar-refractivity contribution is 0.0883. The van der Waals surface area contributed by atoms with Gasteiger partial charge >= 0.3 is 0 Å². The third kappa shape index (κ3) is 2.54. The Morgan fingerprint density at radius 3 is 2.50 bits per heavy atom. The van der Waals surface area contributed by atoms with Crippen LogP contribution in [0.2, 0.25) is 0 Å². The van der Waals surface area contributed by atoms with E-state index in [1.165, 1.54) is 6.26 Å². The highest BCUT2D eigenvalue weighted by molar-refractivity contribution is 9.10. The molecule has 2 rings (SSSR count). The van der Waals surface area contributed by atoms with Gasteiger partial charge in [0.2, 0.25) is 5.78 Å². The number of nitrogens with two attached hydrogens (primary N) is 1. The highest BCUT2D eigenvalue weighted by atomic mass is 79.9. The molecule has 0 saturated carbocycles. The zero-order valence-corrected chi connectivity index (χ0v) is 11.6. The number of halogens is 1. The predicted molar refractivity (Wildman–Crippen MR) is 73.3 cm³/mol. The molecule has 2 unspecified atom stereocenters. The topological polar surface area (TPSA) is 56.2 Å². The van der Waals surface area contributed by atoms with Gasteiger partial charge in [-0.05, 0) is 27.6 Å². The van der Waals surface area contributed by atoms with Crippen LogP contribution >= 0.6 is 15.9 Å². The maximum atomic E-state index is 12.2. The van der Waals surface area contributed by atoms with Gasteiger partial charge in [0.15, 0.2) is 5.76 Å². The van der Waals surface area contributed by atoms with Crippen LogP contribution in [0.4, 0.5) is 0 Å². The zero-order chi connectivity index (χ0) is 13.1.